The Morgan fingerprint density at radius 1 is 1.19 bits per heavy atom. The number of benzene rings is 1. The summed E-state index contributed by atoms with van der Waals surface area (Å²) in [6.07, 6.45) is 7.35. The molecule has 1 aliphatic heterocycles. The minimum atomic E-state index is -0.836. The number of hydrogen-bond acceptors (Lipinski definition) is 3. The average molecular weight is 288 g/mol. The molecular formula is C18H24O3. The van der Waals surface area contributed by atoms with E-state index < -0.39 is 5.60 Å². The van der Waals surface area contributed by atoms with Crippen molar-refractivity contribution in [3.8, 4) is 0 Å². The fourth-order valence-electron chi connectivity index (χ4n) is 3.63. The van der Waals surface area contributed by atoms with E-state index in [1.807, 2.05) is 30.3 Å². The molecule has 1 saturated carbocycles. The standard InChI is InChI=1S/C18H24O3/c1-2-3-9-14-20-16(19)18(15-10-5-4-6-11-15)17(21-18)12-7-8-13-17/h4-6,10-11H,2-3,7-9,12-14H2,1H3. The van der Waals surface area contributed by atoms with E-state index in [9.17, 15) is 4.79 Å². The summed E-state index contributed by atoms with van der Waals surface area (Å²) in [6.45, 7) is 2.64. The van der Waals surface area contributed by atoms with Gasteiger partial charge in [0.2, 0.25) is 5.60 Å². The van der Waals surface area contributed by atoms with Gasteiger partial charge >= 0.3 is 5.97 Å². The molecule has 1 aromatic carbocycles. The Morgan fingerprint density at radius 3 is 2.57 bits per heavy atom. The Hall–Kier alpha value is -1.35. The Morgan fingerprint density at radius 2 is 1.90 bits per heavy atom. The first-order valence-electron chi connectivity index (χ1n) is 8.18. The molecule has 0 aromatic heterocycles. The summed E-state index contributed by atoms with van der Waals surface area (Å²) in [5.41, 5.74) is -0.180. The third-order valence-electron chi connectivity index (χ3n) is 4.81. The van der Waals surface area contributed by atoms with Crippen LogP contribution in [0.3, 0.4) is 0 Å². The molecule has 1 aliphatic carbocycles. The Bertz CT molecular complexity index is 490. The zero-order valence-electron chi connectivity index (χ0n) is 12.8. The first-order chi connectivity index (χ1) is 10.3. The van der Waals surface area contributed by atoms with E-state index >= 15 is 0 Å². The van der Waals surface area contributed by atoms with Crippen LogP contribution < -0.4 is 0 Å². The van der Waals surface area contributed by atoms with Crippen LogP contribution in [0.5, 0.6) is 0 Å². The van der Waals surface area contributed by atoms with Gasteiger partial charge in [-0.25, -0.2) is 4.79 Å². The summed E-state index contributed by atoms with van der Waals surface area (Å²) in [5.74, 6) is -0.188. The summed E-state index contributed by atoms with van der Waals surface area (Å²) >= 11 is 0. The second-order valence-corrected chi connectivity index (χ2v) is 6.19. The lowest BCUT2D eigenvalue weighted by Crippen LogP contribution is -2.32. The Kier molecular flexibility index (Phi) is 4.03. The van der Waals surface area contributed by atoms with Crippen LogP contribution in [0.25, 0.3) is 0 Å². The van der Waals surface area contributed by atoms with Crippen LogP contribution >= 0.6 is 0 Å². The molecule has 21 heavy (non-hydrogen) atoms. The van der Waals surface area contributed by atoms with Gasteiger partial charge in [0.15, 0.2) is 0 Å². The van der Waals surface area contributed by atoms with E-state index in [0.717, 1.165) is 50.5 Å². The molecule has 1 unspecified atom stereocenters. The maximum atomic E-state index is 12.7. The molecule has 114 valence electrons. The number of ether oxygens (including phenoxy) is 2. The largest absolute Gasteiger partial charge is 0.463 e. The molecule has 1 heterocycles. The summed E-state index contributed by atoms with van der Waals surface area (Å²) in [6, 6.07) is 9.87. The maximum absolute atomic E-state index is 12.7. The monoisotopic (exact) mass is 288 g/mol. The Balaban J connectivity index is 1.77. The number of unbranched alkanes of at least 4 members (excludes halogenated alkanes) is 2. The van der Waals surface area contributed by atoms with Crippen LogP contribution in [0.1, 0.15) is 57.4 Å². The topological polar surface area (TPSA) is 38.8 Å². The van der Waals surface area contributed by atoms with Crippen molar-refractivity contribution >= 4 is 5.97 Å². The second kappa shape index (κ2) is 5.80. The highest BCUT2D eigenvalue weighted by molar-refractivity contribution is 5.86. The first-order valence-corrected chi connectivity index (χ1v) is 8.18. The number of carbonyl (C=O) groups is 1. The van der Waals surface area contributed by atoms with Gasteiger partial charge in [0.05, 0.1) is 6.61 Å². The molecule has 3 heteroatoms. The maximum Gasteiger partial charge on any atom is 0.346 e. The normalized spacial score (nSPS) is 26.0. The molecule has 0 amide bonds. The number of carbonyl (C=O) groups excluding carboxylic acids is 1. The van der Waals surface area contributed by atoms with Crippen molar-refractivity contribution in [3.05, 3.63) is 35.9 Å². The van der Waals surface area contributed by atoms with E-state index in [4.69, 9.17) is 9.47 Å². The summed E-state index contributed by atoms with van der Waals surface area (Å²) in [5, 5.41) is 0. The molecule has 3 rings (SSSR count). The molecule has 1 saturated heterocycles. The van der Waals surface area contributed by atoms with Crippen molar-refractivity contribution in [2.24, 2.45) is 0 Å². The molecule has 2 aliphatic rings. The predicted octanol–water partition coefficient (Wildman–Crippen LogP) is 3.96. The highest BCUT2D eigenvalue weighted by Crippen LogP contribution is 2.64. The van der Waals surface area contributed by atoms with Crippen molar-refractivity contribution in [1.82, 2.24) is 0 Å². The van der Waals surface area contributed by atoms with Crippen molar-refractivity contribution < 1.29 is 14.3 Å². The third-order valence-corrected chi connectivity index (χ3v) is 4.81. The van der Waals surface area contributed by atoms with E-state index in [1.54, 1.807) is 0 Å². The second-order valence-electron chi connectivity index (χ2n) is 6.19. The molecule has 3 nitrogen and oxygen atoms in total. The molecule has 0 radical (unpaired) electrons. The minimum absolute atomic E-state index is 0.188. The molecule has 2 fully saturated rings. The van der Waals surface area contributed by atoms with Crippen LogP contribution in [-0.2, 0) is 19.9 Å². The third kappa shape index (κ3) is 2.38. The number of hydrogen-bond donors (Lipinski definition) is 0. The molecule has 0 N–H and O–H groups in total. The van der Waals surface area contributed by atoms with E-state index in [1.165, 1.54) is 0 Å². The fraction of sp³-hybridized carbons (Fsp3) is 0.611. The molecule has 0 bridgehead atoms. The molecule has 1 aromatic rings. The molecule has 1 spiro atoms. The van der Waals surface area contributed by atoms with Gasteiger partial charge in [-0.3, -0.25) is 0 Å². The zero-order valence-corrected chi connectivity index (χ0v) is 12.8. The van der Waals surface area contributed by atoms with Gasteiger partial charge in [0.25, 0.3) is 0 Å². The van der Waals surface area contributed by atoms with Crippen molar-refractivity contribution in [2.45, 2.75) is 63.1 Å². The smallest absolute Gasteiger partial charge is 0.346 e. The van der Waals surface area contributed by atoms with Gasteiger partial charge in [-0.05, 0) is 24.8 Å². The van der Waals surface area contributed by atoms with Gasteiger partial charge < -0.3 is 9.47 Å². The van der Waals surface area contributed by atoms with Crippen LogP contribution in [0, 0.1) is 0 Å². The zero-order chi connectivity index (χ0) is 14.8. The van der Waals surface area contributed by atoms with Crippen molar-refractivity contribution in [3.63, 3.8) is 0 Å². The lowest BCUT2D eigenvalue weighted by atomic mass is 9.85. The van der Waals surface area contributed by atoms with Gasteiger partial charge in [-0.1, -0.05) is 62.9 Å². The highest BCUT2D eigenvalue weighted by atomic mass is 16.7. The van der Waals surface area contributed by atoms with Crippen LogP contribution in [-0.4, -0.2) is 18.2 Å². The predicted molar refractivity (Wildman–Crippen MR) is 80.9 cm³/mol. The average Bonchev–Trinajstić information content (AvgIpc) is 2.93. The fourth-order valence-corrected chi connectivity index (χ4v) is 3.63. The molecular weight excluding hydrogens is 264 g/mol. The van der Waals surface area contributed by atoms with Crippen LogP contribution in [0.15, 0.2) is 30.3 Å². The van der Waals surface area contributed by atoms with E-state index in [0.29, 0.717) is 6.61 Å². The van der Waals surface area contributed by atoms with Gasteiger partial charge in [-0.15, -0.1) is 0 Å². The van der Waals surface area contributed by atoms with Crippen LogP contribution in [0.4, 0.5) is 0 Å². The minimum Gasteiger partial charge on any atom is -0.463 e. The van der Waals surface area contributed by atoms with Crippen molar-refractivity contribution in [2.75, 3.05) is 6.61 Å². The van der Waals surface area contributed by atoms with E-state index in [2.05, 4.69) is 6.92 Å². The highest BCUT2D eigenvalue weighted by Gasteiger charge is 2.76. The first kappa shape index (κ1) is 14.6. The number of esters is 1. The summed E-state index contributed by atoms with van der Waals surface area (Å²) < 4.78 is 11.6. The van der Waals surface area contributed by atoms with Crippen molar-refractivity contribution in [1.29, 1.82) is 0 Å². The summed E-state index contributed by atoms with van der Waals surface area (Å²) in [4.78, 5) is 12.7. The Labute approximate surface area is 126 Å². The van der Waals surface area contributed by atoms with E-state index in [-0.39, 0.29) is 11.6 Å². The number of epoxide rings is 1. The quantitative estimate of drug-likeness (QED) is 0.452. The molecule has 1 atom stereocenters. The SMILES string of the molecule is CCCCCOC(=O)C1(c2ccccc2)OC12CCCC2. The van der Waals surface area contributed by atoms with Gasteiger partial charge in [0.1, 0.15) is 5.60 Å². The number of rotatable bonds is 6. The van der Waals surface area contributed by atoms with Gasteiger partial charge in [0, 0.05) is 0 Å². The van der Waals surface area contributed by atoms with Gasteiger partial charge in [-0.2, -0.15) is 0 Å². The lowest BCUT2D eigenvalue weighted by molar-refractivity contribution is -0.150. The lowest BCUT2D eigenvalue weighted by Gasteiger charge is -2.16. The summed E-state index contributed by atoms with van der Waals surface area (Å²) in [7, 11) is 0. The van der Waals surface area contributed by atoms with Crippen LogP contribution in [0.2, 0.25) is 0 Å².